The van der Waals surface area contributed by atoms with E-state index in [9.17, 15) is 9.59 Å². The Labute approximate surface area is 131 Å². The number of aromatic nitrogens is 3. The number of nitrogens with zero attached hydrogens (tertiary/aromatic N) is 3. The van der Waals surface area contributed by atoms with Gasteiger partial charge in [0.05, 0.1) is 6.04 Å². The average molecular weight is 304 g/mol. The van der Waals surface area contributed by atoms with Crippen LogP contribution in [-0.4, -0.2) is 14.8 Å². The molecule has 6 heteroatoms. The van der Waals surface area contributed by atoms with Gasteiger partial charge in [0.1, 0.15) is 6.07 Å². The van der Waals surface area contributed by atoms with Gasteiger partial charge in [-0.25, -0.2) is 14.5 Å². The Morgan fingerprint density at radius 3 is 1.96 bits per heavy atom. The number of benzene rings is 2. The topological polar surface area (TPSA) is 91.5 Å². The highest BCUT2D eigenvalue weighted by Gasteiger charge is 2.21. The molecular weight excluding hydrogens is 292 g/mol. The molecule has 1 N–H and O–H groups in total. The number of nitrogens with one attached hydrogen (secondary N) is 1. The Hall–Kier alpha value is -3.46. The smallest absolute Gasteiger partial charge is 0.266 e. The van der Waals surface area contributed by atoms with Crippen molar-refractivity contribution < 1.29 is 0 Å². The molecule has 0 aliphatic rings. The standard InChI is InChI=1S/C17H12N4O2/c18-11-14-16(22)21(17(23)20-19-14)15(12-7-3-1-4-8-12)13-9-5-2-6-10-13/h1-10,15H,(H,20,23). The summed E-state index contributed by atoms with van der Waals surface area (Å²) in [6, 6.07) is 19.4. The van der Waals surface area contributed by atoms with Gasteiger partial charge in [-0.15, -0.1) is 0 Å². The molecule has 112 valence electrons. The zero-order valence-corrected chi connectivity index (χ0v) is 12.0. The van der Waals surface area contributed by atoms with Crippen LogP contribution in [-0.2, 0) is 0 Å². The van der Waals surface area contributed by atoms with E-state index in [1.54, 1.807) is 6.07 Å². The summed E-state index contributed by atoms with van der Waals surface area (Å²) in [5.41, 5.74) is -0.190. The molecule has 0 amide bonds. The SMILES string of the molecule is N#Cc1n[nH]c(=O)n(C(c2ccccc2)c2ccccc2)c1=O. The molecule has 0 aliphatic heterocycles. The molecule has 0 bridgehead atoms. The number of H-pyrrole nitrogens is 1. The molecule has 0 fully saturated rings. The molecule has 3 rings (SSSR count). The number of hydrogen-bond acceptors (Lipinski definition) is 4. The summed E-state index contributed by atoms with van der Waals surface area (Å²) < 4.78 is 1.02. The highest BCUT2D eigenvalue weighted by molar-refractivity contribution is 5.33. The maximum absolute atomic E-state index is 12.5. The lowest BCUT2D eigenvalue weighted by molar-refractivity contribution is 0.587. The number of nitriles is 1. The van der Waals surface area contributed by atoms with Crippen molar-refractivity contribution in [2.24, 2.45) is 0 Å². The van der Waals surface area contributed by atoms with Crippen LogP contribution in [0.15, 0.2) is 70.3 Å². The second-order valence-corrected chi connectivity index (χ2v) is 4.89. The lowest BCUT2D eigenvalue weighted by atomic mass is 9.98. The number of hydrogen-bond donors (Lipinski definition) is 1. The minimum absolute atomic E-state index is 0.346. The zero-order valence-electron chi connectivity index (χ0n) is 12.0. The first-order chi connectivity index (χ1) is 11.2. The first kappa shape index (κ1) is 14.5. The van der Waals surface area contributed by atoms with Gasteiger partial charge < -0.3 is 0 Å². The normalized spacial score (nSPS) is 10.4. The Morgan fingerprint density at radius 1 is 0.957 bits per heavy atom. The van der Waals surface area contributed by atoms with Crippen molar-refractivity contribution in [3.05, 3.63) is 98.3 Å². The van der Waals surface area contributed by atoms with Crippen LogP contribution in [0.2, 0.25) is 0 Å². The van der Waals surface area contributed by atoms with Crippen LogP contribution in [0.1, 0.15) is 22.9 Å². The predicted octanol–water partition coefficient (Wildman–Crippen LogP) is 1.44. The van der Waals surface area contributed by atoms with E-state index in [1.165, 1.54) is 0 Å². The molecule has 3 aromatic rings. The maximum atomic E-state index is 12.5. The fourth-order valence-electron chi connectivity index (χ4n) is 2.48. The van der Waals surface area contributed by atoms with Gasteiger partial charge in [0.25, 0.3) is 5.56 Å². The van der Waals surface area contributed by atoms with Crippen molar-refractivity contribution in [2.75, 3.05) is 0 Å². The summed E-state index contributed by atoms with van der Waals surface area (Å²) in [5.74, 6) is 0. The van der Waals surface area contributed by atoms with E-state index in [-0.39, 0.29) is 5.69 Å². The zero-order chi connectivity index (χ0) is 16.2. The van der Waals surface area contributed by atoms with E-state index < -0.39 is 17.3 Å². The molecule has 0 unspecified atom stereocenters. The monoisotopic (exact) mass is 304 g/mol. The van der Waals surface area contributed by atoms with Crippen LogP contribution >= 0.6 is 0 Å². The third-order valence-electron chi connectivity index (χ3n) is 3.50. The molecule has 0 atom stereocenters. The lowest BCUT2D eigenvalue weighted by Crippen LogP contribution is -2.41. The fourth-order valence-corrected chi connectivity index (χ4v) is 2.48. The van der Waals surface area contributed by atoms with E-state index in [1.807, 2.05) is 60.7 Å². The second kappa shape index (κ2) is 6.12. The van der Waals surface area contributed by atoms with Crippen molar-refractivity contribution in [3.8, 4) is 6.07 Å². The Bertz CT molecular complexity index is 930. The van der Waals surface area contributed by atoms with E-state index >= 15 is 0 Å². The summed E-state index contributed by atoms with van der Waals surface area (Å²) in [6.07, 6.45) is 0. The van der Waals surface area contributed by atoms with E-state index in [0.29, 0.717) is 0 Å². The summed E-state index contributed by atoms with van der Waals surface area (Å²) in [6.45, 7) is 0. The summed E-state index contributed by atoms with van der Waals surface area (Å²) >= 11 is 0. The highest BCUT2D eigenvalue weighted by Crippen LogP contribution is 2.23. The van der Waals surface area contributed by atoms with E-state index in [0.717, 1.165) is 15.7 Å². The molecule has 23 heavy (non-hydrogen) atoms. The van der Waals surface area contributed by atoms with Crippen molar-refractivity contribution in [2.45, 2.75) is 6.04 Å². The third-order valence-corrected chi connectivity index (χ3v) is 3.50. The van der Waals surface area contributed by atoms with Gasteiger partial charge in [-0.3, -0.25) is 4.79 Å². The van der Waals surface area contributed by atoms with Gasteiger partial charge in [0.15, 0.2) is 0 Å². The first-order valence-corrected chi connectivity index (χ1v) is 6.93. The molecule has 0 saturated carbocycles. The molecule has 0 radical (unpaired) electrons. The third kappa shape index (κ3) is 2.68. The fraction of sp³-hybridized carbons (Fsp3) is 0.0588. The molecule has 2 aromatic carbocycles. The van der Waals surface area contributed by atoms with Gasteiger partial charge in [0.2, 0.25) is 5.69 Å². The molecule has 0 aliphatic carbocycles. The first-order valence-electron chi connectivity index (χ1n) is 6.93. The largest absolute Gasteiger partial charge is 0.345 e. The summed E-state index contributed by atoms with van der Waals surface area (Å²) in [7, 11) is 0. The van der Waals surface area contributed by atoms with Crippen molar-refractivity contribution in [1.29, 1.82) is 5.26 Å². The van der Waals surface area contributed by atoms with Gasteiger partial charge in [-0.1, -0.05) is 60.7 Å². The molecular formula is C17H12N4O2. The summed E-state index contributed by atoms with van der Waals surface area (Å²) in [5, 5.41) is 14.7. The van der Waals surface area contributed by atoms with Crippen LogP contribution in [0.3, 0.4) is 0 Å². The van der Waals surface area contributed by atoms with E-state index in [4.69, 9.17) is 5.26 Å². The van der Waals surface area contributed by atoms with Gasteiger partial charge in [0, 0.05) is 0 Å². The molecule has 1 aromatic heterocycles. The number of rotatable bonds is 3. The molecule has 0 saturated heterocycles. The van der Waals surface area contributed by atoms with E-state index in [2.05, 4.69) is 10.2 Å². The van der Waals surface area contributed by atoms with Gasteiger partial charge >= 0.3 is 5.69 Å². The summed E-state index contributed by atoms with van der Waals surface area (Å²) in [4.78, 5) is 24.7. The van der Waals surface area contributed by atoms with Crippen molar-refractivity contribution >= 4 is 0 Å². The molecule has 0 spiro atoms. The average Bonchev–Trinajstić information content (AvgIpc) is 2.60. The Kier molecular flexibility index (Phi) is 3.85. The van der Waals surface area contributed by atoms with Gasteiger partial charge in [-0.2, -0.15) is 10.4 Å². The number of aromatic amines is 1. The van der Waals surface area contributed by atoms with Crippen molar-refractivity contribution in [3.63, 3.8) is 0 Å². The Morgan fingerprint density at radius 2 is 1.48 bits per heavy atom. The quantitative estimate of drug-likeness (QED) is 0.792. The molecule has 6 nitrogen and oxygen atoms in total. The molecule has 1 heterocycles. The minimum atomic E-state index is -0.714. The van der Waals surface area contributed by atoms with Crippen LogP contribution in [0.4, 0.5) is 0 Å². The van der Waals surface area contributed by atoms with Gasteiger partial charge in [-0.05, 0) is 11.1 Å². The second-order valence-electron chi connectivity index (χ2n) is 4.89. The van der Waals surface area contributed by atoms with Crippen LogP contribution in [0.25, 0.3) is 0 Å². The lowest BCUT2D eigenvalue weighted by Gasteiger charge is -2.19. The minimum Gasteiger partial charge on any atom is -0.266 e. The highest BCUT2D eigenvalue weighted by atomic mass is 16.2. The van der Waals surface area contributed by atoms with Crippen LogP contribution < -0.4 is 11.2 Å². The maximum Gasteiger partial charge on any atom is 0.345 e. The predicted molar refractivity (Wildman–Crippen MR) is 84.0 cm³/mol. The van der Waals surface area contributed by atoms with Crippen LogP contribution in [0.5, 0.6) is 0 Å². The Balaban J connectivity index is 2.33. The van der Waals surface area contributed by atoms with Crippen LogP contribution in [0, 0.1) is 11.3 Å². The van der Waals surface area contributed by atoms with Crippen molar-refractivity contribution in [1.82, 2.24) is 14.8 Å².